The summed E-state index contributed by atoms with van der Waals surface area (Å²) < 4.78 is 33.8. The Morgan fingerprint density at radius 3 is 2.21 bits per heavy atom. The summed E-state index contributed by atoms with van der Waals surface area (Å²) in [5.74, 6) is -3.90. The van der Waals surface area contributed by atoms with Gasteiger partial charge in [0, 0.05) is 70.0 Å². The molecule has 3 aliphatic heterocycles. The summed E-state index contributed by atoms with van der Waals surface area (Å²) in [5, 5.41) is 3.08. The van der Waals surface area contributed by atoms with Crippen molar-refractivity contribution in [3.05, 3.63) is 16.6 Å². The van der Waals surface area contributed by atoms with Gasteiger partial charge in [0.05, 0.1) is 23.7 Å². The number of nitrogens with zero attached hydrogens (tertiary/aromatic N) is 4. The Labute approximate surface area is 285 Å². The molecule has 3 saturated carbocycles. The molecule has 4 heterocycles. The second-order valence-corrected chi connectivity index (χ2v) is 17.4. The fourth-order valence-electron chi connectivity index (χ4n) is 8.62. The molecule has 0 bridgehead atoms. The molecule has 6 fully saturated rings. The number of likely N-dealkylation sites (tertiary alicyclic amines) is 3. The third kappa shape index (κ3) is 6.62. The maximum Gasteiger partial charge on any atom is 0.265 e. The topological polar surface area (TPSA) is 112 Å². The van der Waals surface area contributed by atoms with Crippen LogP contribution in [0.2, 0.25) is 0 Å². The molecule has 48 heavy (non-hydrogen) atoms. The first-order chi connectivity index (χ1) is 22.7. The van der Waals surface area contributed by atoms with Crippen LogP contribution in [0.4, 0.5) is 8.78 Å². The van der Waals surface area contributed by atoms with E-state index in [9.17, 15) is 28.0 Å². The number of alkyl halides is 2. The van der Waals surface area contributed by atoms with E-state index in [4.69, 9.17) is 4.74 Å². The minimum Gasteiger partial charge on any atom is -0.376 e. The summed E-state index contributed by atoms with van der Waals surface area (Å²) in [5.41, 5.74) is 1.34. The molecule has 0 radical (unpaired) electrons. The van der Waals surface area contributed by atoms with Crippen molar-refractivity contribution in [2.24, 2.45) is 34.0 Å². The fourth-order valence-corrected chi connectivity index (χ4v) is 9.21. The highest BCUT2D eigenvalue weighted by Gasteiger charge is 2.62. The van der Waals surface area contributed by atoms with Gasteiger partial charge in [-0.25, -0.2) is 8.78 Å². The van der Waals surface area contributed by atoms with E-state index in [1.54, 1.807) is 17.3 Å². The number of carbonyl (C=O) groups is 4. The van der Waals surface area contributed by atoms with Crippen LogP contribution >= 0.6 is 11.3 Å². The minimum absolute atomic E-state index is 0.0176. The molecule has 0 aromatic carbocycles. The zero-order chi connectivity index (χ0) is 34.1. The largest absolute Gasteiger partial charge is 0.376 e. The van der Waals surface area contributed by atoms with Gasteiger partial charge in [-0.15, -0.1) is 11.3 Å². The number of aromatic nitrogens is 1. The van der Waals surface area contributed by atoms with Crippen molar-refractivity contribution in [2.75, 3.05) is 45.9 Å². The van der Waals surface area contributed by atoms with Crippen molar-refractivity contribution in [3.8, 4) is 0 Å². The lowest BCUT2D eigenvalue weighted by Crippen LogP contribution is -2.65. The van der Waals surface area contributed by atoms with Crippen LogP contribution in [-0.4, -0.2) is 107 Å². The van der Waals surface area contributed by atoms with E-state index in [1.165, 1.54) is 30.4 Å². The molecule has 7 rings (SSSR count). The predicted molar refractivity (Wildman–Crippen MR) is 174 cm³/mol. The first-order valence-electron chi connectivity index (χ1n) is 17.8. The van der Waals surface area contributed by atoms with Crippen LogP contribution < -0.4 is 5.32 Å². The van der Waals surface area contributed by atoms with Crippen molar-refractivity contribution in [1.29, 1.82) is 0 Å². The summed E-state index contributed by atoms with van der Waals surface area (Å²) in [6.07, 6.45) is 6.40. The molecule has 1 N–H and O–H groups in total. The van der Waals surface area contributed by atoms with Crippen LogP contribution in [0.25, 0.3) is 0 Å². The quantitative estimate of drug-likeness (QED) is 0.416. The highest BCUT2D eigenvalue weighted by atomic mass is 32.1. The van der Waals surface area contributed by atoms with Crippen molar-refractivity contribution < 1.29 is 32.7 Å². The number of amides is 4. The van der Waals surface area contributed by atoms with Gasteiger partial charge in [0.25, 0.3) is 5.91 Å². The fraction of sp³-hybridized carbons (Fsp3) is 0.800. The van der Waals surface area contributed by atoms with E-state index < -0.39 is 29.4 Å². The zero-order valence-electron chi connectivity index (χ0n) is 28.3. The highest BCUT2D eigenvalue weighted by molar-refractivity contribution is 7.11. The average Bonchev–Trinajstić information content (AvgIpc) is 3.73. The van der Waals surface area contributed by atoms with Crippen LogP contribution in [-0.2, 0) is 19.1 Å². The van der Waals surface area contributed by atoms with Crippen LogP contribution in [0.5, 0.6) is 0 Å². The van der Waals surface area contributed by atoms with Gasteiger partial charge in [-0.1, -0.05) is 13.8 Å². The first kappa shape index (κ1) is 33.8. The second kappa shape index (κ2) is 12.3. The number of nitrogens with one attached hydrogen (secondary N) is 1. The molecule has 3 aliphatic carbocycles. The van der Waals surface area contributed by atoms with Crippen molar-refractivity contribution >= 4 is 35.0 Å². The summed E-state index contributed by atoms with van der Waals surface area (Å²) >= 11 is 1.25. The Balaban J connectivity index is 1.07. The van der Waals surface area contributed by atoms with Gasteiger partial charge in [-0.05, 0) is 68.6 Å². The van der Waals surface area contributed by atoms with E-state index in [2.05, 4.69) is 24.1 Å². The van der Waals surface area contributed by atoms with Gasteiger partial charge >= 0.3 is 0 Å². The Bertz CT molecular complexity index is 1410. The number of thiazole rings is 1. The normalized spacial score (nSPS) is 29.3. The molecule has 4 amide bonds. The molecular weight excluding hydrogens is 640 g/mol. The number of piperidine rings is 1. The zero-order valence-corrected chi connectivity index (χ0v) is 29.2. The Hall–Kier alpha value is -2.67. The molecule has 4 atom stereocenters. The summed E-state index contributed by atoms with van der Waals surface area (Å²) in [4.78, 5) is 65.1. The molecule has 3 saturated heterocycles. The third-order valence-electron chi connectivity index (χ3n) is 12.6. The van der Waals surface area contributed by atoms with Crippen LogP contribution in [0.15, 0.2) is 11.7 Å². The Kier molecular flexibility index (Phi) is 8.65. The van der Waals surface area contributed by atoms with Gasteiger partial charge in [0.1, 0.15) is 10.9 Å². The molecule has 2 spiro atoms. The van der Waals surface area contributed by atoms with Crippen LogP contribution in [0.1, 0.15) is 88.2 Å². The minimum atomic E-state index is -2.63. The smallest absolute Gasteiger partial charge is 0.265 e. The molecule has 264 valence electrons. The molecule has 13 heteroatoms. The van der Waals surface area contributed by atoms with Gasteiger partial charge in [0.2, 0.25) is 23.6 Å². The van der Waals surface area contributed by atoms with E-state index in [1.807, 2.05) is 9.80 Å². The van der Waals surface area contributed by atoms with Gasteiger partial charge in [-0.2, -0.15) is 0 Å². The lowest BCUT2D eigenvalue weighted by molar-refractivity contribution is -0.153. The molecule has 6 aliphatic rings. The maximum absolute atomic E-state index is 14.4. The van der Waals surface area contributed by atoms with Crippen LogP contribution in [0, 0.1) is 34.0 Å². The standard InChI is InChI=1S/C35H49F2N5O5S/c1-22(47-17-23-4-6-35(36,37)7-5-23)27(31(46)40-12-10-33(8-9-33)11-13-40)39-28(43)25-16-41(30(45)26-15-38-21-48-26)18-34(25)19-42(20-34)29(44)24-14-32(24,2)3/h15,21-25,27H,4-14,16-20H2,1-3H3,(H,39,43)/t22-,24-,25+,27+/m1/s1. The molecule has 0 unspecified atom stereocenters. The second-order valence-electron chi connectivity index (χ2n) is 16.6. The monoisotopic (exact) mass is 689 g/mol. The Morgan fingerprint density at radius 2 is 1.62 bits per heavy atom. The summed E-state index contributed by atoms with van der Waals surface area (Å²) in [6, 6.07) is -0.954. The van der Waals surface area contributed by atoms with Crippen molar-refractivity contribution in [1.82, 2.24) is 25.0 Å². The van der Waals surface area contributed by atoms with Crippen molar-refractivity contribution in [3.63, 3.8) is 0 Å². The van der Waals surface area contributed by atoms with E-state index in [0.29, 0.717) is 55.9 Å². The number of hydrogen-bond donors (Lipinski definition) is 1. The van der Waals surface area contributed by atoms with E-state index in [0.717, 1.165) is 19.3 Å². The van der Waals surface area contributed by atoms with Crippen molar-refractivity contribution in [2.45, 2.75) is 96.6 Å². The highest BCUT2D eigenvalue weighted by Crippen LogP contribution is 2.55. The molecule has 1 aromatic heterocycles. The number of hydrogen-bond acceptors (Lipinski definition) is 7. The molecule has 10 nitrogen and oxygen atoms in total. The summed E-state index contributed by atoms with van der Waals surface area (Å²) in [6.45, 7) is 8.75. The number of ether oxygens (including phenoxy) is 1. The van der Waals surface area contributed by atoms with Crippen LogP contribution in [0.3, 0.4) is 0 Å². The molecule has 1 aromatic rings. The Morgan fingerprint density at radius 1 is 0.979 bits per heavy atom. The predicted octanol–water partition coefficient (Wildman–Crippen LogP) is 4.21. The average molecular weight is 690 g/mol. The lowest BCUT2D eigenvalue weighted by Gasteiger charge is -2.50. The number of rotatable bonds is 9. The third-order valence-corrected chi connectivity index (χ3v) is 13.3. The number of halogens is 2. The SMILES string of the molecule is C[C@@H](OCC1CCC(F)(F)CC1)[C@H](NC(=O)[C@@H]1CN(C(=O)c2cncs2)CC12CN(C(=O)[C@H]1CC1(C)C)C2)C(=O)N1CCC2(CC1)CC2. The maximum atomic E-state index is 14.4. The van der Waals surface area contributed by atoms with Gasteiger partial charge in [0.15, 0.2) is 0 Å². The lowest BCUT2D eigenvalue weighted by atomic mass is 9.70. The van der Waals surface area contributed by atoms with Gasteiger partial charge in [-0.3, -0.25) is 24.2 Å². The summed E-state index contributed by atoms with van der Waals surface area (Å²) in [7, 11) is 0. The number of carbonyl (C=O) groups excluding carboxylic acids is 4. The van der Waals surface area contributed by atoms with E-state index >= 15 is 0 Å². The first-order valence-corrected chi connectivity index (χ1v) is 18.6. The van der Waals surface area contributed by atoms with E-state index in [-0.39, 0.29) is 66.9 Å². The molecular formula is C35H49F2N5O5S. The van der Waals surface area contributed by atoms with Gasteiger partial charge < -0.3 is 24.8 Å².